The van der Waals surface area contributed by atoms with Gasteiger partial charge < -0.3 is 10.0 Å². The molecule has 5 heteroatoms. The van der Waals surface area contributed by atoms with Crippen molar-refractivity contribution in [2.45, 2.75) is 38.1 Å². The zero-order valence-electron chi connectivity index (χ0n) is 9.02. The van der Waals surface area contributed by atoms with Gasteiger partial charge in [-0.05, 0) is 19.3 Å². The van der Waals surface area contributed by atoms with Crippen LogP contribution in [0, 0.1) is 5.92 Å². The molecule has 0 radical (unpaired) electrons. The summed E-state index contributed by atoms with van der Waals surface area (Å²) in [7, 11) is 0. The Balaban J connectivity index is 2.02. The van der Waals surface area contributed by atoms with Crippen molar-refractivity contribution in [3.63, 3.8) is 0 Å². The molecule has 2 unspecified atom stereocenters. The number of carbonyl (C=O) groups excluding carboxylic acids is 2. The van der Waals surface area contributed by atoms with Crippen LogP contribution in [0.25, 0.3) is 0 Å². The van der Waals surface area contributed by atoms with Crippen LogP contribution in [0.1, 0.15) is 32.1 Å². The molecule has 5 nitrogen and oxygen atoms in total. The maximum atomic E-state index is 11.5. The van der Waals surface area contributed by atoms with Gasteiger partial charge in [-0.25, -0.2) is 0 Å². The molecule has 0 spiro atoms. The fourth-order valence-corrected chi connectivity index (χ4v) is 2.61. The molecule has 1 aliphatic heterocycles. The third-order valence-corrected chi connectivity index (χ3v) is 3.45. The van der Waals surface area contributed by atoms with Crippen LogP contribution in [-0.2, 0) is 14.4 Å². The summed E-state index contributed by atoms with van der Waals surface area (Å²) in [5.74, 6) is -1.34. The Bertz CT molecular complexity index is 339. The lowest BCUT2D eigenvalue weighted by Crippen LogP contribution is -2.41. The molecule has 1 saturated heterocycles. The summed E-state index contributed by atoms with van der Waals surface area (Å²) in [5.41, 5.74) is 0. The van der Waals surface area contributed by atoms with Gasteiger partial charge in [-0.15, -0.1) is 0 Å². The van der Waals surface area contributed by atoms with E-state index in [1.54, 1.807) is 4.90 Å². The zero-order valence-corrected chi connectivity index (χ0v) is 9.02. The van der Waals surface area contributed by atoms with E-state index in [-0.39, 0.29) is 36.6 Å². The first kappa shape index (κ1) is 11.1. The van der Waals surface area contributed by atoms with E-state index in [0.717, 1.165) is 12.8 Å². The second-order valence-electron chi connectivity index (χ2n) is 4.59. The molecular formula is C11H15NO4. The van der Waals surface area contributed by atoms with Crippen LogP contribution < -0.4 is 0 Å². The van der Waals surface area contributed by atoms with Crippen molar-refractivity contribution in [1.29, 1.82) is 0 Å². The van der Waals surface area contributed by atoms with Gasteiger partial charge in [0.25, 0.3) is 0 Å². The highest BCUT2D eigenvalue weighted by Crippen LogP contribution is 2.29. The molecule has 1 saturated carbocycles. The lowest BCUT2D eigenvalue weighted by atomic mass is 9.85. The van der Waals surface area contributed by atoms with E-state index >= 15 is 0 Å². The molecule has 2 fully saturated rings. The Labute approximate surface area is 93.4 Å². The topological polar surface area (TPSA) is 74.7 Å². The number of carboxylic acids is 1. The van der Waals surface area contributed by atoms with Crippen molar-refractivity contribution in [2.24, 2.45) is 5.92 Å². The van der Waals surface area contributed by atoms with Crippen molar-refractivity contribution in [2.75, 3.05) is 6.54 Å². The molecule has 1 aliphatic carbocycles. The van der Waals surface area contributed by atoms with Crippen LogP contribution in [0.5, 0.6) is 0 Å². The first-order chi connectivity index (χ1) is 7.58. The van der Waals surface area contributed by atoms with Crippen LogP contribution >= 0.6 is 0 Å². The minimum absolute atomic E-state index is 0.00572. The average Bonchev–Trinajstić information content (AvgIpc) is 2.58. The standard InChI is InChI=1S/C11H15NO4/c13-9-5-10(14)12(6-9)8-3-1-2-7(4-8)11(15)16/h7-8H,1-6H2,(H,15,16). The van der Waals surface area contributed by atoms with Gasteiger partial charge >= 0.3 is 5.97 Å². The summed E-state index contributed by atoms with van der Waals surface area (Å²) in [6.07, 6.45) is 2.81. The molecule has 2 rings (SSSR count). The Hall–Kier alpha value is -1.39. The van der Waals surface area contributed by atoms with Crippen molar-refractivity contribution < 1.29 is 19.5 Å². The van der Waals surface area contributed by atoms with E-state index < -0.39 is 5.97 Å². The second-order valence-corrected chi connectivity index (χ2v) is 4.59. The lowest BCUT2D eigenvalue weighted by molar-refractivity contribution is -0.144. The molecule has 0 bridgehead atoms. The lowest BCUT2D eigenvalue weighted by Gasteiger charge is -2.33. The van der Waals surface area contributed by atoms with Crippen molar-refractivity contribution >= 4 is 17.7 Å². The molecule has 0 aromatic heterocycles. The van der Waals surface area contributed by atoms with Gasteiger partial charge in [-0.3, -0.25) is 14.4 Å². The minimum Gasteiger partial charge on any atom is -0.481 e. The fraction of sp³-hybridized carbons (Fsp3) is 0.727. The highest BCUT2D eigenvalue weighted by molar-refractivity contribution is 6.05. The van der Waals surface area contributed by atoms with Crippen molar-refractivity contribution in [1.82, 2.24) is 4.90 Å². The monoisotopic (exact) mass is 225 g/mol. The smallest absolute Gasteiger partial charge is 0.306 e. The van der Waals surface area contributed by atoms with Crippen LogP contribution in [0.2, 0.25) is 0 Å². The number of ketones is 1. The van der Waals surface area contributed by atoms with Crippen molar-refractivity contribution in [3.05, 3.63) is 0 Å². The van der Waals surface area contributed by atoms with Gasteiger partial charge in [-0.2, -0.15) is 0 Å². The van der Waals surface area contributed by atoms with Gasteiger partial charge in [-0.1, -0.05) is 6.42 Å². The van der Waals surface area contributed by atoms with E-state index in [4.69, 9.17) is 5.11 Å². The first-order valence-electron chi connectivity index (χ1n) is 5.62. The van der Waals surface area contributed by atoms with Crippen molar-refractivity contribution in [3.8, 4) is 0 Å². The predicted molar refractivity (Wildman–Crippen MR) is 54.7 cm³/mol. The Morgan fingerprint density at radius 3 is 2.62 bits per heavy atom. The summed E-state index contributed by atoms with van der Waals surface area (Å²) in [5, 5.41) is 8.95. The van der Waals surface area contributed by atoms with Gasteiger partial charge in [0.15, 0.2) is 5.78 Å². The summed E-state index contributed by atoms with van der Waals surface area (Å²) in [6.45, 7) is 0.176. The van der Waals surface area contributed by atoms with E-state index in [9.17, 15) is 14.4 Å². The molecule has 2 aliphatic rings. The molecule has 0 aromatic carbocycles. The van der Waals surface area contributed by atoms with Gasteiger partial charge in [0.2, 0.25) is 5.91 Å². The molecule has 1 heterocycles. The normalized spacial score (nSPS) is 30.9. The highest BCUT2D eigenvalue weighted by atomic mass is 16.4. The number of likely N-dealkylation sites (tertiary alicyclic amines) is 1. The Morgan fingerprint density at radius 1 is 1.31 bits per heavy atom. The third kappa shape index (κ3) is 2.08. The first-order valence-corrected chi connectivity index (χ1v) is 5.62. The molecule has 88 valence electrons. The highest BCUT2D eigenvalue weighted by Gasteiger charge is 2.37. The van der Waals surface area contributed by atoms with E-state index in [0.29, 0.717) is 12.8 Å². The maximum absolute atomic E-state index is 11.5. The number of nitrogens with zero attached hydrogens (tertiary/aromatic N) is 1. The number of Topliss-reactive ketones (excluding diaryl/α,β-unsaturated/α-hetero) is 1. The molecule has 2 atom stereocenters. The molecule has 1 N–H and O–H groups in total. The Kier molecular flexibility index (Phi) is 2.94. The summed E-state index contributed by atoms with van der Waals surface area (Å²) in [4.78, 5) is 35.1. The fourth-order valence-electron chi connectivity index (χ4n) is 2.61. The maximum Gasteiger partial charge on any atom is 0.306 e. The number of rotatable bonds is 2. The predicted octanol–water partition coefficient (Wildman–Crippen LogP) is 0.431. The van der Waals surface area contributed by atoms with Gasteiger partial charge in [0, 0.05) is 6.04 Å². The van der Waals surface area contributed by atoms with Gasteiger partial charge in [0.05, 0.1) is 18.9 Å². The zero-order chi connectivity index (χ0) is 11.7. The molecule has 0 aromatic rings. The molecule has 1 amide bonds. The quantitative estimate of drug-likeness (QED) is 0.691. The number of amides is 1. The van der Waals surface area contributed by atoms with Crippen LogP contribution in [-0.4, -0.2) is 40.3 Å². The number of hydrogen-bond acceptors (Lipinski definition) is 3. The summed E-state index contributed by atoms with van der Waals surface area (Å²) < 4.78 is 0. The average molecular weight is 225 g/mol. The summed E-state index contributed by atoms with van der Waals surface area (Å²) in [6, 6.07) is -0.0474. The number of carbonyl (C=O) groups is 3. The number of carboxylic acid groups (broad SMARTS) is 1. The SMILES string of the molecule is O=C1CC(=O)N(C2CCCC(C(=O)O)C2)C1. The summed E-state index contributed by atoms with van der Waals surface area (Å²) >= 11 is 0. The van der Waals surface area contributed by atoms with Crippen LogP contribution in [0.15, 0.2) is 0 Å². The van der Waals surface area contributed by atoms with E-state index in [1.807, 2.05) is 0 Å². The van der Waals surface area contributed by atoms with E-state index in [1.165, 1.54) is 0 Å². The largest absolute Gasteiger partial charge is 0.481 e. The molecule has 16 heavy (non-hydrogen) atoms. The minimum atomic E-state index is -0.789. The van der Waals surface area contributed by atoms with E-state index in [2.05, 4.69) is 0 Å². The number of aliphatic carboxylic acids is 1. The van der Waals surface area contributed by atoms with Crippen LogP contribution in [0.4, 0.5) is 0 Å². The second kappa shape index (κ2) is 4.23. The molecular weight excluding hydrogens is 210 g/mol. The third-order valence-electron chi connectivity index (χ3n) is 3.45. The van der Waals surface area contributed by atoms with Crippen LogP contribution in [0.3, 0.4) is 0 Å². The Morgan fingerprint density at radius 2 is 2.06 bits per heavy atom. The number of hydrogen-bond donors (Lipinski definition) is 1. The van der Waals surface area contributed by atoms with Gasteiger partial charge in [0.1, 0.15) is 0 Å².